The van der Waals surface area contributed by atoms with Crippen LogP contribution >= 0.6 is 0 Å². The lowest BCUT2D eigenvalue weighted by molar-refractivity contribution is 1.02. The van der Waals surface area contributed by atoms with Crippen LogP contribution in [0.1, 0.15) is 12.5 Å². The molecule has 2 aromatic carbocycles. The number of anilines is 1. The number of nitrogens with one attached hydrogen (secondary N) is 2. The van der Waals surface area contributed by atoms with E-state index < -0.39 is 0 Å². The predicted octanol–water partition coefficient (Wildman–Crippen LogP) is 2.81. The normalized spacial score (nSPS) is 11.2. The van der Waals surface area contributed by atoms with Crippen LogP contribution in [-0.4, -0.2) is 5.96 Å². The summed E-state index contributed by atoms with van der Waals surface area (Å²) in [5.74, 6) is 5.99. The Morgan fingerprint density at radius 1 is 1.05 bits per heavy atom. The number of aryl methyl sites for hydroxylation is 1. The Bertz CT molecular complexity index is 532. The number of hydrogen-bond donors (Lipinski definition) is 3. The van der Waals surface area contributed by atoms with Gasteiger partial charge in [0.2, 0.25) is 5.96 Å². The minimum Gasteiger partial charge on any atom is -0.325 e. The molecule has 0 aliphatic rings. The minimum absolute atomic E-state index is 0.510. The molecular formula is C15H18N4. The van der Waals surface area contributed by atoms with E-state index in [1.165, 1.54) is 5.56 Å². The van der Waals surface area contributed by atoms with Crippen LogP contribution in [0.3, 0.4) is 0 Å². The first-order valence-electron chi connectivity index (χ1n) is 6.28. The molecular weight excluding hydrogens is 236 g/mol. The van der Waals surface area contributed by atoms with E-state index in [1.807, 2.05) is 42.5 Å². The number of hydrogen-bond acceptors (Lipinski definition) is 2. The van der Waals surface area contributed by atoms with Gasteiger partial charge < -0.3 is 5.32 Å². The molecule has 4 nitrogen and oxygen atoms in total. The Hall–Kier alpha value is -2.33. The summed E-state index contributed by atoms with van der Waals surface area (Å²) in [5.41, 5.74) is 5.65. The predicted molar refractivity (Wildman–Crippen MR) is 80.3 cm³/mol. The van der Waals surface area contributed by atoms with E-state index in [0.717, 1.165) is 17.8 Å². The standard InChI is InChI=1S/C15H18N4/c1-2-12-8-10-14(11-9-12)18-15(19-16)17-13-6-4-3-5-7-13/h3-11H,2,16H2,1H3,(H2,17,18,19). The number of hydrazine groups is 1. The topological polar surface area (TPSA) is 62.4 Å². The van der Waals surface area contributed by atoms with Gasteiger partial charge in [-0.15, -0.1) is 0 Å². The van der Waals surface area contributed by atoms with Gasteiger partial charge in [-0.3, -0.25) is 5.43 Å². The third kappa shape index (κ3) is 3.82. The van der Waals surface area contributed by atoms with Crippen molar-refractivity contribution >= 4 is 17.3 Å². The van der Waals surface area contributed by atoms with Crippen LogP contribution in [0.5, 0.6) is 0 Å². The Morgan fingerprint density at radius 3 is 2.32 bits per heavy atom. The maximum atomic E-state index is 5.48. The van der Waals surface area contributed by atoms with E-state index in [9.17, 15) is 0 Å². The van der Waals surface area contributed by atoms with E-state index in [4.69, 9.17) is 5.84 Å². The van der Waals surface area contributed by atoms with E-state index >= 15 is 0 Å². The zero-order valence-electron chi connectivity index (χ0n) is 10.9. The number of para-hydroxylation sites is 1. The number of benzene rings is 2. The lowest BCUT2D eigenvalue weighted by Gasteiger charge is -2.08. The third-order valence-electron chi connectivity index (χ3n) is 2.76. The summed E-state index contributed by atoms with van der Waals surface area (Å²) in [6.07, 6.45) is 1.02. The van der Waals surface area contributed by atoms with Crippen molar-refractivity contribution in [1.82, 2.24) is 5.43 Å². The van der Waals surface area contributed by atoms with E-state index in [1.54, 1.807) is 0 Å². The van der Waals surface area contributed by atoms with Crippen molar-refractivity contribution in [1.29, 1.82) is 0 Å². The maximum absolute atomic E-state index is 5.48. The van der Waals surface area contributed by atoms with E-state index in [-0.39, 0.29) is 0 Å². The van der Waals surface area contributed by atoms with Gasteiger partial charge >= 0.3 is 0 Å². The molecule has 0 spiro atoms. The average molecular weight is 254 g/mol. The number of aliphatic imine (C=N–C) groups is 1. The monoisotopic (exact) mass is 254 g/mol. The van der Waals surface area contributed by atoms with Gasteiger partial charge in [0.25, 0.3) is 0 Å². The van der Waals surface area contributed by atoms with Gasteiger partial charge in [0.1, 0.15) is 0 Å². The van der Waals surface area contributed by atoms with Gasteiger partial charge in [-0.1, -0.05) is 37.3 Å². The van der Waals surface area contributed by atoms with Crippen molar-refractivity contribution in [2.24, 2.45) is 10.8 Å². The van der Waals surface area contributed by atoms with Crippen LogP contribution in [-0.2, 0) is 6.42 Å². The van der Waals surface area contributed by atoms with Gasteiger partial charge in [-0.2, -0.15) is 0 Å². The molecule has 0 saturated carbocycles. The summed E-state index contributed by atoms with van der Waals surface area (Å²) in [6, 6.07) is 17.8. The minimum atomic E-state index is 0.510. The highest BCUT2D eigenvalue weighted by molar-refractivity contribution is 5.94. The molecule has 0 unspecified atom stereocenters. The van der Waals surface area contributed by atoms with Gasteiger partial charge in [0.05, 0.1) is 5.69 Å². The first-order valence-corrected chi connectivity index (χ1v) is 6.28. The Balaban J connectivity index is 2.13. The molecule has 0 aliphatic heterocycles. The number of nitrogens with zero attached hydrogens (tertiary/aromatic N) is 1. The highest BCUT2D eigenvalue weighted by Crippen LogP contribution is 2.14. The van der Waals surface area contributed by atoms with Crippen LogP contribution in [0.2, 0.25) is 0 Å². The zero-order valence-corrected chi connectivity index (χ0v) is 10.9. The number of guanidine groups is 1. The maximum Gasteiger partial charge on any atom is 0.215 e. The van der Waals surface area contributed by atoms with Crippen LogP contribution in [0.15, 0.2) is 59.6 Å². The second-order valence-corrected chi connectivity index (χ2v) is 4.12. The van der Waals surface area contributed by atoms with Crippen molar-refractivity contribution in [2.75, 3.05) is 5.32 Å². The van der Waals surface area contributed by atoms with Gasteiger partial charge in [0, 0.05) is 5.69 Å². The lowest BCUT2D eigenvalue weighted by Crippen LogP contribution is -2.35. The first kappa shape index (κ1) is 13.1. The molecule has 0 aromatic heterocycles. The van der Waals surface area contributed by atoms with Crippen LogP contribution < -0.4 is 16.6 Å². The molecule has 98 valence electrons. The summed E-state index contributed by atoms with van der Waals surface area (Å²) in [4.78, 5) is 4.42. The third-order valence-corrected chi connectivity index (χ3v) is 2.76. The molecule has 0 saturated heterocycles. The summed E-state index contributed by atoms with van der Waals surface area (Å²) in [7, 11) is 0. The molecule has 4 N–H and O–H groups in total. The Labute approximate surface area is 113 Å². The second kappa shape index (κ2) is 6.56. The summed E-state index contributed by atoms with van der Waals surface area (Å²) in [6.45, 7) is 2.13. The molecule has 0 heterocycles. The van der Waals surface area contributed by atoms with Crippen molar-refractivity contribution in [3.8, 4) is 0 Å². The Morgan fingerprint density at radius 2 is 1.74 bits per heavy atom. The Kier molecular flexibility index (Phi) is 4.53. The molecule has 4 heteroatoms. The smallest absolute Gasteiger partial charge is 0.215 e. The fraction of sp³-hybridized carbons (Fsp3) is 0.133. The van der Waals surface area contributed by atoms with Crippen LogP contribution in [0.25, 0.3) is 0 Å². The lowest BCUT2D eigenvalue weighted by atomic mass is 10.2. The second-order valence-electron chi connectivity index (χ2n) is 4.12. The molecule has 2 rings (SSSR count). The fourth-order valence-corrected chi connectivity index (χ4v) is 1.69. The first-order chi connectivity index (χ1) is 9.31. The average Bonchev–Trinajstić information content (AvgIpc) is 2.48. The fourth-order valence-electron chi connectivity index (χ4n) is 1.69. The van der Waals surface area contributed by atoms with Crippen molar-refractivity contribution < 1.29 is 0 Å². The van der Waals surface area contributed by atoms with Crippen molar-refractivity contribution in [3.63, 3.8) is 0 Å². The zero-order chi connectivity index (χ0) is 13.5. The van der Waals surface area contributed by atoms with Crippen LogP contribution in [0, 0.1) is 0 Å². The van der Waals surface area contributed by atoms with Crippen molar-refractivity contribution in [2.45, 2.75) is 13.3 Å². The molecule has 0 radical (unpaired) electrons. The van der Waals surface area contributed by atoms with E-state index in [2.05, 4.69) is 34.8 Å². The molecule has 0 amide bonds. The molecule has 0 aliphatic carbocycles. The molecule has 0 atom stereocenters. The molecule has 0 fully saturated rings. The summed E-state index contributed by atoms with van der Waals surface area (Å²) < 4.78 is 0. The molecule has 2 aromatic rings. The highest BCUT2D eigenvalue weighted by Gasteiger charge is 1.98. The van der Waals surface area contributed by atoms with Gasteiger partial charge in [-0.05, 0) is 36.2 Å². The molecule has 19 heavy (non-hydrogen) atoms. The summed E-state index contributed by atoms with van der Waals surface area (Å²) in [5, 5.41) is 3.12. The van der Waals surface area contributed by atoms with Gasteiger partial charge in [0.15, 0.2) is 0 Å². The number of rotatable bonds is 3. The summed E-state index contributed by atoms with van der Waals surface area (Å²) >= 11 is 0. The van der Waals surface area contributed by atoms with Gasteiger partial charge in [-0.25, -0.2) is 10.8 Å². The largest absolute Gasteiger partial charge is 0.325 e. The van der Waals surface area contributed by atoms with Crippen LogP contribution in [0.4, 0.5) is 11.4 Å². The van der Waals surface area contributed by atoms with E-state index in [0.29, 0.717) is 5.96 Å². The van der Waals surface area contributed by atoms with Crippen molar-refractivity contribution in [3.05, 3.63) is 60.2 Å². The SMILES string of the molecule is CCc1ccc(N=C(NN)Nc2ccccc2)cc1. The molecule has 0 bridgehead atoms. The highest BCUT2D eigenvalue weighted by atomic mass is 15.3. The number of nitrogens with two attached hydrogens (primary N) is 1. The quantitative estimate of drug-likeness (QED) is 0.341.